The van der Waals surface area contributed by atoms with Gasteiger partial charge >= 0.3 is 0 Å². The van der Waals surface area contributed by atoms with Crippen molar-refractivity contribution in [3.63, 3.8) is 0 Å². The lowest BCUT2D eigenvalue weighted by Crippen LogP contribution is -2.03. The summed E-state index contributed by atoms with van der Waals surface area (Å²) in [5.41, 5.74) is 2.52. The van der Waals surface area contributed by atoms with Gasteiger partial charge in [0.1, 0.15) is 11.3 Å². The van der Waals surface area contributed by atoms with Crippen LogP contribution in [0.5, 0.6) is 0 Å². The van der Waals surface area contributed by atoms with Gasteiger partial charge in [0.15, 0.2) is 0 Å². The summed E-state index contributed by atoms with van der Waals surface area (Å²) in [6.07, 6.45) is 3.77. The maximum Gasteiger partial charge on any atom is 0.134 e. The van der Waals surface area contributed by atoms with E-state index in [0.29, 0.717) is 5.92 Å². The molecule has 1 heterocycles. The molecule has 1 aromatic carbocycles. The summed E-state index contributed by atoms with van der Waals surface area (Å²) >= 11 is 0. The Labute approximate surface area is 83.7 Å². The van der Waals surface area contributed by atoms with Crippen molar-refractivity contribution in [2.24, 2.45) is 0 Å². The van der Waals surface area contributed by atoms with Gasteiger partial charge in [0.25, 0.3) is 0 Å². The van der Waals surface area contributed by atoms with E-state index in [0.717, 1.165) is 5.58 Å². The predicted octanol–water partition coefficient (Wildman–Crippen LogP) is 3.87. The molecule has 0 bridgehead atoms. The van der Waals surface area contributed by atoms with Gasteiger partial charge < -0.3 is 4.42 Å². The van der Waals surface area contributed by atoms with Crippen LogP contribution in [-0.2, 0) is 6.42 Å². The van der Waals surface area contributed by atoms with E-state index in [1.165, 1.54) is 36.0 Å². The van der Waals surface area contributed by atoms with E-state index in [4.69, 9.17) is 4.42 Å². The molecule has 0 amide bonds. The molecule has 1 heteroatoms. The molecule has 2 aromatic rings. The van der Waals surface area contributed by atoms with E-state index < -0.39 is 0 Å². The van der Waals surface area contributed by atoms with Crippen molar-refractivity contribution in [2.75, 3.05) is 0 Å². The van der Waals surface area contributed by atoms with Gasteiger partial charge in [0, 0.05) is 16.9 Å². The van der Waals surface area contributed by atoms with Crippen LogP contribution in [0.15, 0.2) is 28.7 Å². The molecule has 0 spiro atoms. The number of furan rings is 1. The average Bonchev–Trinajstić information content (AvgIpc) is 2.59. The minimum Gasteiger partial charge on any atom is -0.460 e. The maximum absolute atomic E-state index is 5.90. The predicted molar refractivity (Wildman–Crippen MR) is 57.6 cm³/mol. The van der Waals surface area contributed by atoms with Crippen molar-refractivity contribution < 1.29 is 4.42 Å². The number of benzene rings is 1. The Hall–Kier alpha value is -1.24. The molecule has 0 saturated heterocycles. The Balaban J connectivity index is 2.32. The fourth-order valence-electron chi connectivity index (χ4n) is 2.49. The van der Waals surface area contributed by atoms with E-state index >= 15 is 0 Å². The molecule has 0 fully saturated rings. The monoisotopic (exact) mass is 186 g/mol. The zero-order valence-corrected chi connectivity index (χ0v) is 8.42. The topological polar surface area (TPSA) is 13.1 Å². The van der Waals surface area contributed by atoms with Crippen LogP contribution < -0.4 is 0 Å². The molecule has 0 N–H and O–H groups in total. The van der Waals surface area contributed by atoms with Gasteiger partial charge in [-0.15, -0.1) is 0 Å². The van der Waals surface area contributed by atoms with Crippen LogP contribution in [0, 0.1) is 0 Å². The van der Waals surface area contributed by atoms with Crippen LogP contribution in [-0.4, -0.2) is 0 Å². The molecule has 14 heavy (non-hydrogen) atoms. The quantitative estimate of drug-likeness (QED) is 0.608. The summed E-state index contributed by atoms with van der Waals surface area (Å²) in [7, 11) is 0. The van der Waals surface area contributed by atoms with Crippen molar-refractivity contribution in [3.05, 3.63) is 35.6 Å². The normalized spacial score (nSPS) is 21.1. The third kappa shape index (κ3) is 1.02. The molecule has 1 aliphatic rings. The first-order valence-corrected chi connectivity index (χ1v) is 5.36. The molecule has 1 aliphatic carbocycles. The SMILES string of the molecule is CC1CCCc2c1oc1ccccc21. The van der Waals surface area contributed by atoms with Gasteiger partial charge in [-0.25, -0.2) is 0 Å². The maximum atomic E-state index is 5.90. The molecule has 0 saturated carbocycles. The van der Waals surface area contributed by atoms with E-state index in [1.807, 2.05) is 6.07 Å². The summed E-state index contributed by atoms with van der Waals surface area (Å²) in [5.74, 6) is 1.84. The van der Waals surface area contributed by atoms with Gasteiger partial charge in [-0.3, -0.25) is 0 Å². The van der Waals surface area contributed by atoms with E-state index in [2.05, 4.69) is 25.1 Å². The highest BCUT2D eigenvalue weighted by Gasteiger charge is 2.22. The van der Waals surface area contributed by atoms with Crippen molar-refractivity contribution in [1.82, 2.24) is 0 Å². The molecule has 0 radical (unpaired) electrons. The van der Waals surface area contributed by atoms with Crippen LogP contribution >= 0.6 is 0 Å². The van der Waals surface area contributed by atoms with Gasteiger partial charge in [-0.1, -0.05) is 25.1 Å². The standard InChI is InChI=1S/C13H14O/c1-9-5-4-7-11-10-6-2-3-8-12(10)14-13(9)11/h2-3,6,8-9H,4-5,7H2,1H3. The van der Waals surface area contributed by atoms with Crippen LogP contribution in [0.2, 0.25) is 0 Å². The van der Waals surface area contributed by atoms with Gasteiger partial charge in [0.05, 0.1) is 0 Å². The second-order valence-electron chi connectivity index (χ2n) is 4.23. The lowest BCUT2D eigenvalue weighted by molar-refractivity contribution is 0.453. The zero-order valence-electron chi connectivity index (χ0n) is 8.42. The summed E-state index contributed by atoms with van der Waals surface area (Å²) in [6, 6.07) is 8.38. The second kappa shape index (κ2) is 2.88. The number of fused-ring (bicyclic) bond motifs is 3. The molecule has 0 aliphatic heterocycles. The van der Waals surface area contributed by atoms with Gasteiger partial charge in [-0.2, -0.15) is 0 Å². The van der Waals surface area contributed by atoms with Crippen molar-refractivity contribution in [1.29, 1.82) is 0 Å². The van der Waals surface area contributed by atoms with Gasteiger partial charge in [-0.05, 0) is 25.3 Å². The number of hydrogen-bond donors (Lipinski definition) is 0. The Morgan fingerprint density at radius 3 is 3.07 bits per heavy atom. The highest BCUT2D eigenvalue weighted by molar-refractivity contribution is 5.82. The largest absolute Gasteiger partial charge is 0.460 e. The molecule has 1 nitrogen and oxygen atoms in total. The third-order valence-corrected chi connectivity index (χ3v) is 3.24. The van der Waals surface area contributed by atoms with E-state index in [-0.39, 0.29) is 0 Å². The first-order chi connectivity index (χ1) is 6.86. The summed E-state index contributed by atoms with van der Waals surface area (Å²) in [5, 5.41) is 1.33. The number of rotatable bonds is 0. The Bertz CT molecular complexity index is 467. The average molecular weight is 186 g/mol. The molecule has 72 valence electrons. The first-order valence-electron chi connectivity index (χ1n) is 5.36. The molecular weight excluding hydrogens is 172 g/mol. The Kier molecular flexibility index (Phi) is 1.66. The van der Waals surface area contributed by atoms with Crippen LogP contribution in [0.4, 0.5) is 0 Å². The summed E-state index contributed by atoms with van der Waals surface area (Å²) < 4.78 is 5.90. The molecule has 1 atom stereocenters. The fourth-order valence-corrected chi connectivity index (χ4v) is 2.49. The number of aryl methyl sites for hydroxylation is 1. The Morgan fingerprint density at radius 2 is 2.14 bits per heavy atom. The van der Waals surface area contributed by atoms with Crippen molar-refractivity contribution in [3.8, 4) is 0 Å². The fraction of sp³-hybridized carbons (Fsp3) is 0.385. The van der Waals surface area contributed by atoms with Crippen molar-refractivity contribution >= 4 is 11.0 Å². The minimum absolute atomic E-state index is 0.603. The Morgan fingerprint density at radius 1 is 1.29 bits per heavy atom. The van der Waals surface area contributed by atoms with Crippen molar-refractivity contribution in [2.45, 2.75) is 32.1 Å². The van der Waals surface area contributed by atoms with E-state index in [9.17, 15) is 0 Å². The molecule has 1 aromatic heterocycles. The van der Waals surface area contributed by atoms with E-state index in [1.54, 1.807) is 0 Å². The second-order valence-corrected chi connectivity index (χ2v) is 4.23. The lowest BCUT2D eigenvalue weighted by atomic mass is 9.88. The minimum atomic E-state index is 0.603. The number of para-hydroxylation sites is 1. The highest BCUT2D eigenvalue weighted by Crippen LogP contribution is 2.37. The smallest absolute Gasteiger partial charge is 0.134 e. The van der Waals surface area contributed by atoms with Crippen LogP contribution in [0.25, 0.3) is 11.0 Å². The summed E-state index contributed by atoms with van der Waals surface area (Å²) in [4.78, 5) is 0. The molecule has 3 rings (SSSR count). The highest BCUT2D eigenvalue weighted by atomic mass is 16.3. The summed E-state index contributed by atoms with van der Waals surface area (Å²) in [6.45, 7) is 2.26. The van der Waals surface area contributed by atoms with Crippen LogP contribution in [0.1, 0.15) is 37.0 Å². The van der Waals surface area contributed by atoms with Gasteiger partial charge in [0.2, 0.25) is 0 Å². The van der Waals surface area contributed by atoms with Crippen LogP contribution in [0.3, 0.4) is 0 Å². The first kappa shape index (κ1) is 8.10. The number of hydrogen-bond acceptors (Lipinski definition) is 1. The molecular formula is C13H14O. The zero-order chi connectivity index (χ0) is 9.54. The lowest BCUT2D eigenvalue weighted by Gasteiger charge is -2.16. The third-order valence-electron chi connectivity index (χ3n) is 3.24. The molecule has 1 unspecified atom stereocenters.